The van der Waals surface area contributed by atoms with Crippen LogP contribution in [0.3, 0.4) is 0 Å². The summed E-state index contributed by atoms with van der Waals surface area (Å²) in [5.41, 5.74) is 0.323. The van der Waals surface area contributed by atoms with Gasteiger partial charge in [-0.15, -0.1) is 0 Å². The Morgan fingerprint density at radius 1 is 1.45 bits per heavy atom. The van der Waals surface area contributed by atoms with Crippen molar-refractivity contribution in [3.05, 3.63) is 27.5 Å². The van der Waals surface area contributed by atoms with E-state index >= 15 is 0 Å². The van der Waals surface area contributed by atoms with Crippen LogP contribution in [0.2, 0.25) is 5.15 Å². The molecule has 2 rings (SSSR count). The second kappa shape index (κ2) is 7.04. The third-order valence-electron chi connectivity index (χ3n) is 2.86. The summed E-state index contributed by atoms with van der Waals surface area (Å²) < 4.78 is 0.691. The Balaban J connectivity index is 1.71. The number of amides is 2. The van der Waals surface area contributed by atoms with E-state index in [9.17, 15) is 9.59 Å². The minimum atomic E-state index is -0.286. The summed E-state index contributed by atoms with van der Waals surface area (Å²) in [7, 11) is 0. The van der Waals surface area contributed by atoms with E-state index in [2.05, 4.69) is 31.5 Å². The molecule has 1 aliphatic carbocycles. The second-order valence-corrected chi connectivity index (χ2v) is 5.97. The summed E-state index contributed by atoms with van der Waals surface area (Å²) in [5.74, 6) is -0.240. The Morgan fingerprint density at radius 3 is 2.90 bits per heavy atom. The molecule has 1 heterocycles. The maximum atomic E-state index is 11.9. The molecule has 1 aliphatic rings. The summed E-state index contributed by atoms with van der Waals surface area (Å²) in [6.07, 6.45) is 4.71. The zero-order valence-electron chi connectivity index (χ0n) is 10.8. The summed E-state index contributed by atoms with van der Waals surface area (Å²) in [5, 5.41) is 5.79. The van der Waals surface area contributed by atoms with E-state index in [1.54, 1.807) is 6.07 Å². The fraction of sp³-hybridized carbons (Fsp3) is 0.462. The number of hydrogen-bond donors (Lipinski definition) is 2. The SMILES string of the molecule is O=C(CCCNC(=O)c1cc(Br)cnc1Cl)NC1CC1. The summed E-state index contributed by atoms with van der Waals surface area (Å²) >= 11 is 9.10. The third-order valence-corrected chi connectivity index (χ3v) is 3.59. The molecule has 0 aromatic carbocycles. The van der Waals surface area contributed by atoms with Crippen LogP contribution in [-0.4, -0.2) is 29.4 Å². The van der Waals surface area contributed by atoms with E-state index in [4.69, 9.17) is 11.6 Å². The van der Waals surface area contributed by atoms with Gasteiger partial charge >= 0.3 is 0 Å². The lowest BCUT2D eigenvalue weighted by Crippen LogP contribution is -2.28. The summed E-state index contributed by atoms with van der Waals surface area (Å²) in [6.45, 7) is 0.430. The highest BCUT2D eigenvalue weighted by molar-refractivity contribution is 9.10. The first kappa shape index (κ1) is 15.3. The van der Waals surface area contributed by atoms with Crippen LogP contribution >= 0.6 is 27.5 Å². The maximum absolute atomic E-state index is 11.9. The molecule has 0 atom stereocenters. The van der Waals surface area contributed by atoms with Gasteiger partial charge in [-0.2, -0.15) is 0 Å². The molecule has 0 aliphatic heterocycles. The standard InChI is InChI=1S/C13H15BrClN3O2/c14-8-6-10(12(15)17-7-8)13(20)16-5-1-2-11(19)18-9-3-4-9/h6-7,9H,1-5H2,(H,16,20)(H,18,19). The molecule has 1 aromatic rings. The molecule has 1 saturated carbocycles. The van der Waals surface area contributed by atoms with Crippen LogP contribution in [0.5, 0.6) is 0 Å². The van der Waals surface area contributed by atoms with Crippen molar-refractivity contribution in [2.24, 2.45) is 0 Å². The van der Waals surface area contributed by atoms with E-state index < -0.39 is 0 Å². The zero-order valence-corrected chi connectivity index (χ0v) is 13.1. The molecule has 0 bridgehead atoms. The Morgan fingerprint density at radius 2 is 2.20 bits per heavy atom. The third kappa shape index (κ3) is 4.76. The average molecular weight is 361 g/mol. The predicted molar refractivity (Wildman–Crippen MR) is 79.7 cm³/mol. The van der Waals surface area contributed by atoms with E-state index in [0.29, 0.717) is 35.5 Å². The molecular formula is C13H15BrClN3O2. The van der Waals surface area contributed by atoms with Gasteiger partial charge in [0.25, 0.3) is 5.91 Å². The molecule has 5 nitrogen and oxygen atoms in total. The van der Waals surface area contributed by atoms with Gasteiger partial charge in [0.05, 0.1) is 5.56 Å². The van der Waals surface area contributed by atoms with Crippen molar-refractivity contribution in [2.45, 2.75) is 31.7 Å². The van der Waals surface area contributed by atoms with Crippen molar-refractivity contribution < 1.29 is 9.59 Å². The van der Waals surface area contributed by atoms with Crippen molar-refractivity contribution >= 4 is 39.3 Å². The summed E-state index contributed by atoms with van der Waals surface area (Å²) in [6, 6.07) is 1.99. The smallest absolute Gasteiger partial charge is 0.254 e. The van der Waals surface area contributed by atoms with Gasteiger partial charge in [-0.25, -0.2) is 4.98 Å². The largest absolute Gasteiger partial charge is 0.353 e. The number of pyridine rings is 1. The number of carbonyl (C=O) groups excluding carboxylic acids is 2. The Bertz CT molecular complexity index is 520. The molecular weight excluding hydrogens is 346 g/mol. The Labute approximate surface area is 130 Å². The number of rotatable bonds is 6. The van der Waals surface area contributed by atoms with Gasteiger partial charge in [0.2, 0.25) is 5.91 Å². The maximum Gasteiger partial charge on any atom is 0.254 e. The molecule has 2 N–H and O–H groups in total. The molecule has 0 spiro atoms. The molecule has 2 amide bonds. The van der Waals surface area contributed by atoms with E-state index in [1.807, 2.05) is 0 Å². The van der Waals surface area contributed by atoms with Gasteiger partial charge < -0.3 is 10.6 Å². The molecule has 108 valence electrons. The number of nitrogens with one attached hydrogen (secondary N) is 2. The van der Waals surface area contributed by atoms with Gasteiger partial charge in [-0.3, -0.25) is 9.59 Å². The lowest BCUT2D eigenvalue weighted by molar-refractivity contribution is -0.121. The highest BCUT2D eigenvalue weighted by Crippen LogP contribution is 2.19. The molecule has 7 heteroatoms. The number of carbonyl (C=O) groups is 2. The van der Waals surface area contributed by atoms with Crippen LogP contribution in [0.4, 0.5) is 0 Å². The van der Waals surface area contributed by atoms with Crippen molar-refractivity contribution in [3.63, 3.8) is 0 Å². The van der Waals surface area contributed by atoms with Crippen LogP contribution in [0.1, 0.15) is 36.0 Å². The number of aromatic nitrogens is 1. The van der Waals surface area contributed by atoms with Crippen LogP contribution in [-0.2, 0) is 4.79 Å². The highest BCUT2D eigenvalue weighted by Gasteiger charge is 2.22. The van der Waals surface area contributed by atoms with Gasteiger partial charge in [-0.1, -0.05) is 11.6 Å². The lowest BCUT2D eigenvalue weighted by Gasteiger charge is -2.07. The topological polar surface area (TPSA) is 71.1 Å². The lowest BCUT2D eigenvalue weighted by atomic mass is 10.2. The van der Waals surface area contributed by atoms with Crippen molar-refractivity contribution in [1.29, 1.82) is 0 Å². The fourth-order valence-corrected chi connectivity index (χ4v) is 2.18. The van der Waals surface area contributed by atoms with Gasteiger partial charge in [0.15, 0.2) is 0 Å². The summed E-state index contributed by atoms with van der Waals surface area (Å²) in [4.78, 5) is 27.2. The second-order valence-electron chi connectivity index (χ2n) is 4.69. The van der Waals surface area contributed by atoms with Gasteiger partial charge in [0, 0.05) is 29.7 Å². The van der Waals surface area contributed by atoms with Gasteiger partial charge in [0.1, 0.15) is 5.15 Å². The molecule has 0 saturated heterocycles. The highest BCUT2D eigenvalue weighted by atomic mass is 79.9. The molecule has 1 fully saturated rings. The molecule has 20 heavy (non-hydrogen) atoms. The first-order valence-electron chi connectivity index (χ1n) is 6.45. The first-order valence-corrected chi connectivity index (χ1v) is 7.62. The van der Waals surface area contributed by atoms with Crippen molar-refractivity contribution in [2.75, 3.05) is 6.54 Å². The van der Waals surface area contributed by atoms with Crippen molar-refractivity contribution in [3.8, 4) is 0 Å². The normalized spacial score (nSPS) is 13.9. The van der Waals surface area contributed by atoms with Crippen LogP contribution in [0.25, 0.3) is 0 Å². The molecule has 0 radical (unpaired) electrons. The number of nitrogens with zero attached hydrogens (tertiary/aromatic N) is 1. The van der Waals surface area contributed by atoms with E-state index in [1.165, 1.54) is 6.20 Å². The monoisotopic (exact) mass is 359 g/mol. The Kier molecular flexibility index (Phi) is 5.37. The van der Waals surface area contributed by atoms with Crippen molar-refractivity contribution in [1.82, 2.24) is 15.6 Å². The fourth-order valence-electron chi connectivity index (χ4n) is 1.66. The zero-order chi connectivity index (χ0) is 14.5. The average Bonchev–Trinajstić information content (AvgIpc) is 3.21. The first-order chi connectivity index (χ1) is 9.56. The molecule has 1 aromatic heterocycles. The van der Waals surface area contributed by atoms with Gasteiger partial charge in [-0.05, 0) is 41.3 Å². The number of halogens is 2. The minimum Gasteiger partial charge on any atom is -0.353 e. The van der Waals surface area contributed by atoms with Crippen LogP contribution < -0.4 is 10.6 Å². The van der Waals surface area contributed by atoms with E-state index in [-0.39, 0.29) is 17.0 Å². The van der Waals surface area contributed by atoms with Crippen LogP contribution in [0.15, 0.2) is 16.7 Å². The quantitative estimate of drug-likeness (QED) is 0.604. The Hall–Kier alpha value is -1.14. The minimum absolute atomic E-state index is 0.0453. The molecule has 0 unspecified atom stereocenters. The van der Waals surface area contributed by atoms with E-state index in [0.717, 1.165) is 12.8 Å². The predicted octanol–water partition coefficient (Wildman–Crippen LogP) is 2.29. The number of hydrogen-bond acceptors (Lipinski definition) is 3. The van der Waals surface area contributed by atoms with Crippen LogP contribution in [0, 0.1) is 0 Å².